The van der Waals surface area contributed by atoms with Gasteiger partial charge in [-0.15, -0.1) is 0 Å². The van der Waals surface area contributed by atoms with E-state index in [1.165, 1.54) is 24.8 Å². The number of benzene rings is 1. The van der Waals surface area contributed by atoms with Gasteiger partial charge in [0.2, 0.25) is 0 Å². The highest BCUT2D eigenvalue weighted by Crippen LogP contribution is 2.27. The minimum atomic E-state index is 0.289. The molecule has 0 bridgehead atoms. The van der Waals surface area contributed by atoms with E-state index in [1.807, 2.05) is 0 Å². The Hall–Kier alpha value is -0.860. The van der Waals surface area contributed by atoms with Crippen LogP contribution in [0.15, 0.2) is 30.3 Å². The Balaban J connectivity index is 2.12. The second kappa shape index (κ2) is 6.18. The summed E-state index contributed by atoms with van der Waals surface area (Å²) in [6, 6.07) is 11.4. The van der Waals surface area contributed by atoms with Crippen molar-refractivity contribution in [3.05, 3.63) is 35.9 Å². The zero-order chi connectivity index (χ0) is 12.1. The molecule has 0 aliphatic carbocycles. The highest BCUT2D eigenvalue weighted by molar-refractivity contribution is 5.18. The van der Waals surface area contributed by atoms with Crippen LogP contribution in [0.2, 0.25) is 0 Å². The molecule has 0 radical (unpaired) electrons. The third-order valence-electron chi connectivity index (χ3n) is 3.91. The molecule has 2 nitrogen and oxygen atoms in total. The van der Waals surface area contributed by atoms with Crippen LogP contribution in [0.5, 0.6) is 0 Å². The summed E-state index contributed by atoms with van der Waals surface area (Å²) in [7, 11) is 0. The van der Waals surface area contributed by atoms with E-state index in [-0.39, 0.29) is 6.61 Å². The minimum Gasteiger partial charge on any atom is -0.395 e. The summed E-state index contributed by atoms with van der Waals surface area (Å²) in [5, 5.41) is 9.54. The van der Waals surface area contributed by atoms with Gasteiger partial charge >= 0.3 is 0 Å². The maximum absolute atomic E-state index is 9.54. The lowest BCUT2D eigenvalue weighted by Gasteiger charge is -2.34. The van der Waals surface area contributed by atoms with E-state index >= 15 is 0 Å². The molecule has 2 atom stereocenters. The van der Waals surface area contributed by atoms with Gasteiger partial charge < -0.3 is 5.11 Å². The predicted molar refractivity (Wildman–Crippen MR) is 70.9 cm³/mol. The van der Waals surface area contributed by atoms with Crippen LogP contribution in [0.4, 0.5) is 0 Å². The number of aliphatic hydroxyl groups excluding tert-OH is 1. The average molecular weight is 233 g/mol. The highest BCUT2D eigenvalue weighted by Gasteiger charge is 2.25. The van der Waals surface area contributed by atoms with E-state index in [2.05, 4.69) is 42.2 Å². The van der Waals surface area contributed by atoms with Crippen molar-refractivity contribution < 1.29 is 5.11 Å². The molecule has 1 aliphatic rings. The van der Waals surface area contributed by atoms with E-state index in [0.29, 0.717) is 12.1 Å². The van der Waals surface area contributed by atoms with E-state index in [0.717, 1.165) is 13.0 Å². The monoisotopic (exact) mass is 233 g/mol. The van der Waals surface area contributed by atoms with Crippen molar-refractivity contribution in [2.24, 2.45) is 0 Å². The molecule has 1 heterocycles. The molecule has 2 unspecified atom stereocenters. The normalized spacial score (nSPS) is 24.2. The number of hydrogen-bond donors (Lipinski definition) is 1. The van der Waals surface area contributed by atoms with Crippen LogP contribution in [0.1, 0.15) is 44.2 Å². The van der Waals surface area contributed by atoms with Crippen LogP contribution >= 0.6 is 0 Å². The summed E-state index contributed by atoms with van der Waals surface area (Å²) in [6.45, 7) is 3.65. The molecule has 0 spiro atoms. The van der Waals surface area contributed by atoms with Crippen LogP contribution in [0.25, 0.3) is 0 Å². The molecule has 1 aromatic rings. The van der Waals surface area contributed by atoms with Crippen molar-refractivity contribution in [2.45, 2.75) is 44.7 Å². The molecule has 1 aromatic carbocycles. The number of nitrogens with zero attached hydrogens (tertiary/aromatic N) is 1. The Morgan fingerprint density at radius 1 is 1.24 bits per heavy atom. The minimum absolute atomic E-state index is 0.289. The van der Waals surface area contributed by atoms with Gasteiger partial charge in [0.15, 0.2) is 0 Å². The van der Waals surface area contributed by atoms with Gasteiger partial charge in [0.1, 0.15) is 0 Å². The van der Waals surface area contributed by atoms with Crippen molar-refractivity contribution in [2.75, 3.05) is 13.2 Å². The molecule has 0 saturated carbocycles. The molecular formula is C15H23NO. The lowest BCUT2D eigenvalue weighted by Crippen LogP contribution is -2.39. The van der Waals surface area contributed by atoms with Gasteiger partial charge in [-0.25, -0.2) is 0 Å². The van der Waals surface area contributed by atoms with Gasteiger partial charge in [-0.05, 0) is 31.9 Å². The van der Waals surface area contributed by atoms with E-state index < -0.39 is 0 Å². The maximum Gasteiger partial charge on any atom is 0.0587 e. The van der Waals surface area contributed by atoms with Crippen LogP contribution in [0, 0.1) is 0 Å². The van der Waals surface area contributed by atoms with Crippen molar-refractivity contribution >= 4 is 0 Å². The van der Waals surface area contributed by atoms with Crippen LogP contribution in [-0.2, 0) is 0 Å². The first kappa shape index (κ1) is 12.6. The SMILES string of the molecule is CC(c1ccccc1)N1CCCCCC1CO. The second-order valence-electron chi connectivity index (χ2n) is 5.01. The third kappa shape index (κ3) is 3.08. The Bertz CT molecular complexity index is 325. The molecular weight excluding hydrogens is 210 g/mol. The summed E-state index contributed by atoms with van der Waals surface area (Å²) >= 11 is 0. The number of rotatable bonds is 3. The van der Waals surface area contributed by atoms with Crippen LogP contribution in [-0.4, -0.2) is 29.2 Å². The average Bonchev–Trinajstić information content (AvgIpc) is 2.64. The van der Waals surface area contributed by atoms with Crippen molar-refractivity contribution in [1.82, 2.24) is 4.90 Å². The molecule has 2 rings (SSSR count). The van der Waals surface area contributed by atoms with E-state index in [9.17, 15) is 5.11 Å². The fourth-order valence-corrected chi connectivity index (χ4v) is 2.83. The molecule has 1 fully saturated rings. The molecule has 1 N–H and O–H groups in total. The molecule has 1 saturated heterocycles. The van der Waals surface area contributed by atoms with Gasteiger partial charge in [-0.3, -0.25) is 4.90 Å². The van der Waals surface area contributed by atoms with Gasteiger partial charge in [-0.2, -0.15) is 0 Å². The number of likely N-dealkylation sites (tertiary alicyclic amines) is 1. The zero-order valence-electron chi connectivity index (χ0n) is 10.7. The first-order chi connectivity index (χ1) is 8.33. The van der Waals surface area contributed by atoms with Crippen LogP contribution < -0.4 is 0 Å². The third-order valence-corrected chi connectivity index (χ3v) is 3.91. The van der Waals surface area contributed by atoms with Crippen molar-refractivity contribution in [3.8, 4) is 0 Å². The first-order valence-electron chi connectivity index (χ1n) is 6.74. The molecule has 0 aromatic heterocycles. The first-order valence-corrected chi connectivity index (χ1v) is 6.74. The topological polar surface area (TPSA) is 23.5 Å². The Morgan fingerprint density at radius 2 is 2.00 bits per heavy atom. The molecule has 17 heavy (non-hydrogen) atoms. The summed E-state index contributed by atoms with van der Waals surface area (Å²) in [5.74, 6) is 0. The van der Waals surface area contributed by atoms with Crippen molar-refractivity contribution in [3.63, 3.8) is 0 Å². The Kier molecular flexibility index (Phi) is 4.57. The maximum atomic E-state index is 9.54. The standard InChI is InChI=1S/C15H23NO/c1-13(14-8-4-2-5-9-14)16-11-7-3-6-10-15(16)12-17/h2,4-5,8-9,13,15,17H,3,6-7,10-12H2,1H3. The summed E-state index contributed by atoms with van der Waals surface area (Å²) in [5.41, 5.74) is 1.35. The second-order valence-corrected chi connectivity index (χ2v) is 5.01. The summed E-state index contributed by atoms with van der Waals surface area (Å²) in [4.78, 5) is 2.47. The van der Waals surface area contributed by atoms with Crippen LogP contribution in [0.3, 0.4) is 0 Å². The largest absolute Gasteiger partial charge is 0.395 e. The van der Waals surface area contributed by atoms with Gasteiger partial charge in [0.25, 0.3) is 0 Å². The Labute approximate surface area is 104 Å². The van der Waals surface area contributed by atoms with E-state index in [4.69, 9.17) is 0 Å². The van der Waals surface area contributed by atoms with E-state index in [1.54, 1.807) is 0 Å². The molecule has 2 heteroatoms. The summed E-state index contributed by atoms with van der Waals surface area (Å²) in [6.07, 6.45) is 4.94. The fraction of sp³-hybridized carbons (Fsp3) is 0.600. The van der Waals surface area contributed by atoms with Crippen molar-refractivity contribution in [1.29, 1.82) is 0 Å². The number of aliphatic hydroxyl groups is 1. The number of hydrogen-bond acceptors (Lipinski definition) is 2. The molecule has 94 valence electrons. The zero-order valence-corrected chi connectivity index (χ0v) is 10.7. The van der Waals surface area contributed by atoms with Gasteiger partial charge in [0, 0.05) is 12.1 Å². The summed E-state index contributed by atoms with van der Waals surface area (Å²) < 4.78 is 0. The van der Waals surface area contributed by atoms with Gasteiger partial charge in [-0.1, -0.05) is 43.2 Å². The van der Waals surface area contributed by atoms with Gasteiger partial charge in [0.05, 0.1) is 6.61 Å². The predicted octanol–water partition coefficient (Wildman–Crippen LogP) is 2.98. The quantitative estimate of drug-likeness (QED) is 0.867. The smallest absolute Gasteiger partial charge is 0.0587 e. The fourth-order valence-electron chi connectivity index (χ4n) is 2.83. The Morgan fingerprint density at radius 3 is 2.71 bits per heavy atom. The molecule has 1 aliphatic heterocycles. The lowest BCUT2D eigenvalue weighted by molar-refractivity contribution is 0.0911. The highest BCUT2D eigenvalue weighted by atomic mass is 16.3. The molecule has 0 amide bonds. The lowest BCUT2D eigenvalue weighted by atomic mass is 10.0.